The van der Waals surface area contributed by atoms with Crippen molar-refractivity contribution in [3.63, 3.8) is 0 Å². The number of fused-ring (bicyclic) bond motifs is 3. The van der Waals surface area contributed by atoms with E-state index < -0.39 is 0 Å². The largest absolute Gasteiger partial charge is 0.493 e. The zero-order chi connectivity index (χ0) is 21.4. The molecule has 6 nitrogen and oxygen atoms in total. The highest BCUT2D eigenvalue weighted by atomic mass is 16.5. The molecule has 0 N–H and O–H groups in total. The summed E-state index contributed by atoms with van der Waals surface area (Å²) in [5, 5.41) is 2.22. The number of carbonyl (C=O) groups excluding carboxylic acids is 1. The highest BCUT2D eigenvalue weighted by Crippen LogP contribution is 2.37. The van der Waals surface area contributed by atoms with E-state index in [1.54, 1.807) is 31.4 Å². The lowest BCUT2D eigenvalue weighted by Crippen LogP contribution is -2.24. The van der Waals surface area contributed by atoms with Gasteiger partial charge >= 0.3 is 0 Å². The van der Waals surface area contributed by atoms with Gasteiger partial charge in [0.25, 0.3) is 5.91 Å². The Morgan fingerprint density at radius 1 is 0.968 bits per heavy atom. The molecular weight excluding hydrogens is 390 g/mol. The van der Waals surface area contributed by atoms with Crippen LogP contribution in [0.15, 0.2) is 67.0 Å². The summed E-state index contributed by atoms with van der Waals surface area (Å²) >= 11 is 0. The lowest BCUT2D eigenvalue weighted by Gasteiger charge is -2.17. The predicted molar refractivity (Wildman–Crippen MR) is 119 cm³/mol. The van der Waals surface area contributed by atoms with Crippen LogP contribution >= 0.6 is 0 Å². The van der Waals surface area contributed by atoms with Crippen molar-refractivity contribution >= 4 is 22.5 Å². The average Bonchev–Trinajstić information content (AvgIpc) is 3.16. The van der Waals surface area contributed by atoms with Crippen molar-refractivity contribution < 1.29 is 14.3 Å². The number of anilines is 1. The second-order valence-electron chi connectivity index (χ2n) is 7.41. The normalized spacial score (nSPS) is 12.8. The molecule has 5 rings (SSSR count). The fourth-order valence-corrected chi connectivity index (χ4v) is 4.16. The standard InChI is InChI=1S/C25H21N3O3/c1-30-22-8-5-11-26-24(22)28-15-21-19-7-4-3-6-18(19)17(13-20(21)25(28)29)12-16-9-10-23(31-2)27-14-16/h3-11,13-14H,12,15H2,1-2H3. The number of ether oxygens (including phenoxy) is 2. The summed E-state index contributed by atoms with van der Waals surface area (Å²) in [6.07, 6.45) is 4.16. The first-order chi connectivity index (χ1) is 15.2. The van der Waals surface area contributed by atoms with E-state index in [1.165, 1.54) is 0 Å². The molecule has 6 heteroatoms. The highest BCUT2D eigenvalue weighted by molar-refractivity contribution is 6.14. The van der Waals surface area contributed by atoms with Gasteiger partial charge in [0.15, 0.2) is 11.6 Å². The molecule has 154 valence electrons. The second-order valence-corrected chi connectivity index (χ2v) is 7.41. The molecule has 3 heterocycles. The molecule has 0 saturated carbocycles. The van der Waals surface area contributed by atoms with Crippen molar-refractivity contribution in [2.45, 2.75) is 13.0 Å². The van der Waals surface area contributed by atoms with E-state index in [0.717, 1.165) is 27.5 Å². The number of hydrogen-bond donors (Lipinski definition) is 0. The van der Waals surface area contributed by atoms with Crippen LogP contribution in [0.4, 0.5) is 5.82 Å². The summed E-state index contributed by atoms with van der Waals surface area (Å²) in [6.45, 7) is 0.465. The number of carbonyl (C=O) groups is 1. The third kappa shape index (κ3) is 3.26. The first-order valence-corrected chi connectivity index (χ1v) is 10.0. The Balaban J connectivity index is 1.59. The van der Waals surface area contributed by atoms with Gasteiger partial charge in [0, 0.05) is 24.0 Å². The molecule has 0 radical (unpaired) electrons. The maximum absolute atomic E-state index is 13.4. The van der Waals surface area contributed by atoms with Gasteiger partial charge in [0.2, 0.25) is 5.88 Å². The number of rotatable bonds is 5. The summed E-state index contributed by atoms with van der Waals surface area (Å²) in [7, 11) is 3.19. The molecule has 1 aliphatic rings. The Labute approximate surface area is 180 Å². The molecule has 0 bridgehead atoms. The number of amides is 1. The molecule has 2 aromatic heterocycles. The maximum Gasteiger partial charge on any atom is 0.260 e. The first kappa shape index (κ1) is 19.1. The SMILES string of the molecule is COc1ccc(Cc2cc3c(c4ccccc24)CN(c2ncccc2OC)C3=O)cn1. The van der Waals surface area contributed by atoms with Crippen LogP contribution in [-0.2, 0) is 13.0 Å². The van der Waals surface area contributed by atoms with Crippen LogP contribution in [0.1, 0.15) is 27.0 Å². The van der Waals surface area contributed by atoms with Crippen molar-refractivity contribution in [3.05, 3.63) is 89.2 Å². The van der Waals surface area contributed by atoms with Gasteiger partial charge in [-0.1, -0.05) is 30.3 Å². The van der Waals surface area contributed by atoms with Crippen molar-refractivity contribution in [3.8, 4) is 11.6 Å². The van der Waals surface area contributed by atoms with E-state index in [-0.39, 0.29) is 5.91 Å². The van der Waals surface area contributed by atoms with Crippen molar-refractivity contribution in [1.82, 2.24) is 9.97 Å². The molecule has 0 atom stereocenters. The predicted octanol–water partition coefficient (Wildman–Crippen LogP) is 4.40. The smallest absolute Gasteiger partial charge is 0.260 e. The number of nitrogens with zero attached hydrogens (tertiary/aromatic N) is 3. The fraction of sp³-hybridized carbons (Fsp3) is 0.160. The van der Waals surface area contributed by atoms with E-state index in [1.807, 2.05) is 42.6 Å². The molecule has 2 aromatic carbocycles. The Bertz CT molecular complexity index is 1290. The number of aromatic nitrogens is 2. The van der Waals surface area contributed by atoms with Gasteiger partial charge in [-0.25, -0.2) is 9.97 Å². The zero-order valence-electron chi connectivity index (χ0n) is 17.3. The van der Waals surface area contributed by atoms with Gasteiger partial charge in [-0.3, -0.25) is 9.69 Å². The Morgan fingerprint density at radius 3 is 2.55 bits per heavy atom. The summed E-state index contributed by atoms with van der Waals surface area (Å²) in [5.41, 5.74) is 3.87. The number of pyridine rings is 2. The Hall–Kier alpha value is -3.93. The number of hydrogen-bond acceptors (Lipinski definition) is 5. The minimum absolute atomic E-state index is 0.0631. The molecule has 0 fully saturated rings. The lowest BCUT2D eigenvalue weighted by molar-refractivity contribution is 0.0995. The average molecular weight is 411 g/mol. The molecule has 0 aliphatic carbocycles. The van der Waals surface area contributed by atoms with E-state index in [9.17, 15) is 4.79 Å². The van der Waals surface area contributed by atoms with Gasteiger partial charge < -0.3 is 9.47 Å². The van der Waals surface area contributed by atoms with Crippen molar-refractivity contribution in [2.24, 2.45) is 0 Å². The lowest BCUT2D eigenvalue weighted by atomic mass is 9.93. The minimum Gasteiger partial charge on any atom is -0.493 e. The number of benzene rings is 2. The van der Waals surface area contributed by atoms with Gasteiger partial charge in [-0.05, 0) is 52.1 Å². The summed E-state index contributed by atoms with van der Waals surface area (Å²) < 4.78 is 10.6. The van der Waals surface area contributed by atoms with E-state index in [0.29, 0.717) is 36.0 Å². The number of methoxy groups -OCH3 is 2. The summed E-state index contributed by atoms with van der Waals surface area (Å²) in [4.78, 5) is 23.8. The van der Waals surface area contributed by atoms with E-state index >= 15 is 0 Å². The molecule has 1 amide bonds. The zero-order valence-corrected chi connectivity index (χ0v) is 17.3. The van der Waals surface area contributed by atoms with Crippen LogP contribution in [0.25, 0.3) is 10.8 Å². The molecule has 4 aromatic rings. The fourth-order valence-electron chi connectivity index (χ4n) is 4.16. The van der Waals surface area contributed by atoms with Crippen LogP contribution in [0.2, 0.25) is 0 Å². The molecule has 31 heavy (non-hydrogen) atoms. The van der Waals surface area contributed by atoms with Gasteiger partial charge in [0.1, 0.15) is 0 Å². The minimum atomic E-state index is -0.0631. The van der Waals surface area contributed by atoms with Crippen LogP contribution in [0, 0.1) is 0 Å². The second kappa shape index (κ2) is 7.72. The van der Waals surface area contributed by atoms with Crippen LogP contribution < -0.4 is 14.4 Å². The topological polar surface area (TPSA) is 64.6 Å². The monoisotopic (exact) mass is 411 g/mol. The van der Waals surface area contributed by atoms with E-state index in [4.69, 9.17) is 9.47 Å². The quantitative estimate of drug-likeness (QED) is 0.487. The molecule has 0 spiro atoms. The molecule has 0 unspecified atom stereocenters. The van der Waals surface area contributed by atoms with Crippen LogP contribution in [0.5, 0.6) is 11.6 Å². The molecule has 0 saturated heterocycles. The van der Waals surface area contributed by atoms with Gasteiger partial charge in [-0.15, -0.1) is 0 Å². The van der Waals surface area contributed by atoms with Crippen molar-refractivity contribution in [2.75, 3.05) is 19.1 Å². The van der Waals surface area contributed by atoms with Crippen LogP contribution in [0.3, 0.4) is 0 Å². The maximum atomic E-state index is 13.4. The first-order valence-electron chi connectivity index (χ1n) is 10.0. The molecular formula is C25H21N3O3. The highest BCUT2D eigenvalue weighted by Gasteiger charge is 2.33. The van der Waals surface area contributed by atoms with Crippen molar-refractivity contribution in [1.29, 1.82) is 0 Å². The van der Waals surface area contributed by atoms with Gasteiger partial charge in [0.05, 0.1) is 20.8 Å². The van der Waals surface area contributed by atoms with Gasteiger partial charge in [-0.2, -0.15) is 0 Å². The van der Waals surface area contributed by atoms with E-state index in [2.05, 4.69) is 22.1 Å². The Kier molecular flexibility index (Phi) is 4.75. The summed E-state index contributed by atoms with van der Waals surface area (Å²) in [5.74, 6) is 1.64. The molecule has 1 aliphatic heterocycles. The van der Waals surface area contributed by atoms with Crippen LogP contribution in [-0.4, -0.2) is 30.1 Å². The third-order valence-corrected chi connectivity index (χ3v) is 5.66. The Morgan fingerprint density at radius 2 is 1.81 bits per heavy atom. The summed E-state index contributed by atoms with van der Waals surface area (Å²) in [6, 6.07) is 17.7. The third-order valence-electron chi connectivity index (χ3n) is 5.66.